The second-order valence-corrected chi connectivity index (χ2v) is 4.21. The molecular weight excluding hydrogens is 192 g/mol. The Labute approximate surface area is 88.6 Å². The first-order valence-corrected chi connectivity index (χ1v) is 5.52. The molecule has 82 valence electrons. The minimum absolute atomic E-state index is 0.208. The van der Waals surface area contributed by atoms with Gasteiger partial charge in [-0.2, -0.15) is 5.10 Å². The van der Waals surface area contributed by atoms with E-state index in [9.17, 15) is 9.90 Å². The van der Waals surface area contributed by atoms with Gasteiger partial charge in [-0.3, -0.25) is 4.79 Å². The molecule has 0 aliphatic heterocycles. The summed E-state index contributed by atoms with van der Waals surface area (Å²) in [7, 11) is 0. The quantitative estimate of drug-likeness (QED) is 0.801. The molecule has 0 unspecified atom stereocenters. The molecule has 0 atom stereocenters. The normalized spacial score (nSPS) is 17.9. The average molecular weight is 208 g/mol. The van der Waals surface area contributed by atoms with Gasteiger partial charge >= 0.3 is 5.56 Å². The van der Waals surface area contributed by atoms with Gasteiger partial charge in [0.05, 0.1) is 6.20 Å². The number of nitrogens with zero attached hydrogens (tertiary/aromatic N) is 2. The van der Waals surface area contributed by atoms with E-state index in [-0.39, 0.29) is 11.3 Å². The van der Waals surface area contributed by atoms with Gasteiger partial charge < -0.3 is 5.11 Å². The number of rotatable bonds is 2. The van der Waals surface area contributed by atoms with Gasteiger partial charge in [-0.1, -0.05) is 19.3 Å². The molecule has 1 fully saturated rings. The van der Waals surface area contributed by atoms with Crippen LogP contribution in [0.4, 0.5) is 0 Å². The summed E-state index contributed by atoms with van der Waals surface area (Å²) in [4.78, 5) is 11.5. The molecule has 1 saturated carbocycles. The van der Waals surface area contributed by atoms with Crippen molar-refractivity contribution < 1.29 is 5.11 Å². The minimum atomic E-state index is -0.372. The number of aromatic nitrogens is 2. The van der Waals surface area contributed by atoms with E-state index in [4.69, 9.17) is 0 Å². The molecule has 4 nitrogen and oxygen atoms in total. The Bertz CT molecular complexity index is 380. The van der Waals surface area contributed by atoms with Gasteiger partial charge in [0, 0.05) is 12.6 Å². The predicted octanol–water partition coefficient (Wildman–Crippen LogP) is 1.53. The van der Waals surface area contributed by atoms with Gasteiger partial charge in [0.15, 0.2) is 5.75 Å². The molecule has 1 aromatic heterocycles. The molecule has 2 rings (SSSR count). The standard InChI is InChI=1S/C11H16N2O2/c14-10-6-7-12-13(11(10)15)8-9-4-2-1-3-5-9/h6-7,9,14H,1-5,8H2. The first-order valence-electron chi connectivity index (χ1n) is 5.52. The highest BCUT2D eigenvalue weighted by Gasteiger charge is 2.15. The van der Waals surface area contributed by atoms with Crippen LogP contribution in [0.25, 0.3) is 0 Å². The Morgan fingerprint density at radius 1 is 1.40 bits per heavy atom. The molecule has 0 amide bonds. The molecular formula is C11H16N2O2. The van der Waals surface area contributed by atoms with Crippen LogP contribution in [0.2, 0.25) is 0 Å². The third-order valence-electron chi connectivity index (χ3n) is 3.05. The minimum Gasteiger partial charge on any atom is -0.503 e. The van der Waals surface area contributed by atoms with E-state index in [1.54, 1.807) is 0 Å². The van der Waals surface area contributed by atoms with Crippen molar-refractivity contribution in [1.29, 1.82) is 0 Å². The summed E-state index contributed by atoms with van der Waals surface area (Å²) in [6.07, 6.45) is 7.61. The van der Waals surface area contributed by atoms with Crippen LogP contribution in [0.5, 0.6) is 5.75 Å². The van der Waals surface area contributed by atoms with E-state index in [1.165, 1.54) is 49.0 Å². The highest BCUT2D eigenvalue weighted by molar-refractivity contribution is 5.11. The predicted molar refractivity (Wildman–Crippen MR) is 56.7 cm³/mol. The smallest absolute Gasteiger partial charge is 0.308 e. The van der Waals surface area contributed by atoms with E-state index >= 15 is 0 Å². The largest absolute Gasteiger partial charge is 0.503 e. The molecule has 0 saturated heterocycles. The highest BCUT2D eigenvalue weighted by Crippen LogP contribution is 2.24. The highest BCUT2D eigenvalue weighted by atomic mass is 16.3. The summed E-state index contributed by atoms with van der Waals surface area (Å²) in [5.74, 6) is 0.339. The molecule has 1 aliphatic rings. The fourth-order valence-corrected chi connectivity index (χ4v) is 2.18. The zero-order chi connectivity index (χ0) is 10.7. The summed E-state index contributed by atoms with van der Waals surface area (Å²) >= 11 is 0. The maximum Gasteiger partial charge on any atom is 0.308 e. The lowest BCUT2D eigenvalue weighted by Crippen LogP contribution is -2.26. The third-order valence-corrected chi connectivity index (χ3v) is 3.05. The Hall–Kier alpha value is -1.32. The van der Waals surface area contributed by atoms with Crippen LogP contribution in [0.3, 0.4) is 0 Å². The van der Waals surface area contributed by atoms with Crippen LogP contribution in [-0.4, -0.2) is 14.9 Å². The Balaban J connectivity index is 2.09. The first kappa shape index (κ1) is 10.2. The molecule has 0 bridgehead atoms. The van der Waals surface area contributed by atoms with Gasteiger partial charge in [0.25, 0.3) is 0 Å². The molecule has 0 spiro atoms. The second-order valence-electron chi connectivity index (χ2n) is 4.21. The molecule has 1 aliphatic carbocycles. The summed E-state index contributed by atoms with van der Waals surface area (Å²) in [5.41, 5.74) is -0.372. The molecule has 1 aromatic rings. The van der Waals surface area contributed by atoms with Gasteiger partial charge in [-0.25, -0.2) is 4.68 Å². The zero-order valence-corrected chi connectivity index (χ0v) is 8.72. The van der Waals surface area contributed by atoms with Crippen molar-refractivity contribution in [3.05, 3.63) is 22.6 Å². The van der Waals surface area contributed by atoms with E-state index < -0.39 is 0 Å². The Kier molecular flexibility index (Phi) is 3.04. The van der Waals surface area contributed by atoms with E-state index in [0.29, 0.717) is 12.5 Å². The van der Waals surface area contributed by atoms with Gasteiger partial charge in [0.2, 0.25) is 0 Å². The van der Waals surface area contributed by atoms with Crippen molar-refractivity contribution in [3.8, 4) is 5.75 Å². The lowest BCUT2D eigenvalue weighted by Gasteiger charge is -2.21. The third kappa shape index (κ3) is 2.37. The van der Waals surface area contributed by atoms with Crippen molar-refractivity contribution in [2.24, 2.45) is 5.92 Å². The summed E-state index contributed by atoms with van der Waals surface area (Å²) in [5, 5.41) is 13.2. The Morgan fingerprint density at radius 2 is 2.13 bits per heavy atom. The maximum absolute atomic E-state index is 11.5. The lowest BCUT2D eigenvalue weighted by atomic mass is 9.89. The second kappa shape index (κ2) is 4.47. The number of aromatic hydroxyl groups is 1. The van der Waals surface area contributed by atoms with Crippen LogP contribution < -0.4 is 5.56 Å². The maximum atomic E-state index is 11.5. The number of hydrogen-bond donors (Lipinski definition) is 1. The fraction of sp³-hybridized carbons (Fsp3) is 0.636. The summed E-state index contributed by atoms with van der Waals surface area (Å²) in [6.45, 7) is 0.646. The lowest BCUT2D eigenvalue weighted by molar-refractivity contribution is 0.299. The molecule has 4 heteroatoms. The zero-order valence-electron chi connectivity index (χ0n) is 8.72. The van der Waals surface area contributed by atoms with Crippen LogP contribution in [-0.2, 0) is 6.54 Å². The van der Waals surface area contributed by atoms with Crippen LogP contribution in [0.1, 0.15) is 32.1 Å². The van der Waals surface area contributed by atoms with Crippen molar-refractivity contribution in [2.45, 2.75) is 38.6 Å². The topological polar surface area (TPSA) is 55.1 Å². The fourth-order valence-electron chi connectivity index (χ4n) is 2.18. The van der Waals surface area contributed by atoms with Crippen molar-refractivity contribution in [1.82, 2.24) is 9.78 Å². The molecule has 1 N–H and O–H groups in total. The Morgan fingerprint density at radius 3 is 2.87 bits per heavy atom. The van der Waals surface area contributed by atoms with Gasteiger partial charge in [-0.15, -0.1) is 0 Å². The molecule has 15 heavy (non-hydrogen) atoms. The van der Waals surface area contributed by atoms with Crippen molar-refractivity contribution in [3.63, 3.8) is 0 Å². The van der Waals surface area contributed by atoms with E-state index in [0.717, 1.165) is 0 Å². The van der Waals surface area contributed by atoms with Crippen LogP contribution in [0.15, 0.2) is 17.1 Å². The van der Waals surface area contributed by atoms with E-state index in [1.807, 2.05) is 0 Å². The van der Waals surface area contributed by atoms with E-state index in [2.05, 4.69) is 5.10 Å². The van der Waals surface area contributed by atoms with Gasteiger partial charge in [-0.05, 0) is 18.8 Å². The summed E-state index contributed by atoms with van der Waals surface area (Å²) in [6, 6.07) is 1.33. The molecule has 0 aromatic carbocycles. The SMILES string of the molecule is O=c1c(O)ccnn1CC1CCCCC1. The monoisotopic (exact) mass is 208 g/mol. The first-order chi connectivity index (χ1) is 7.27. The molecule has 0 radical (unpaired) electrons. The van der Waals surface area contributed by atoms with Crippen molar-refractivity contribution in [2.75, 3.05) is 0 Å². The summed E-state index contributed by atoms with van der Waals surface area (Å²) < 4.78 is 1.38. The average Bonchev–Trinajstić information content (AvgIpc) is 2.26. The van der Waals surface area contributed by atoms with Gasteiger partial charge in [0.1, 0.15) is 0 Å². The number of hydrogen-bond acceptors (Lipinski definition) is 3. The van der Waals surface area contributed by atoms with Crippen LogP contribution in [0, 0.1) is 5.92 Å². The molecule has 1 heterocycles. The van der Waals surface area contributed by atoms with Crippen LogP contribution >= 0.6 is 0 Å². The van der Waals surface area contributed by atoms with Crippen molar-refractivity contribution >= 4 is 0 Å².